The quantitative estimate of drug-likeness (QED) is 0.779. The average Bonchev–Trinajstić information content (AvgIpc) is 3.14. The number of fused-ring (bicyclic) bond motifs is 3. The van der Waals surface area contributed by atoms with E-state index in [4.69, 9.17) is 5.26 Å². The molecular formula is C16H17N5. The van der Waals surface area contributed by atoms with Crippen LogP contribution in [0.1, 0.15) is 38.1 Å². The second-order valence-corrected chi connectivity index (χ2v) is 5.92. The molecule has 3 aromatic heterocycles. The van der Waals surface area contributed by atoms with Crippen LogP contribution in [0.3, 0.4) is 0 Å². The van der Waals surface area contributed by atoms with Crippen LogP contribution in [0.15, 0.2) is 24.8 Å². The molecule has 0 bridgehead atoms. The minimum Gasteiger partial charge on any atom is -0.346 e. The van der Waals surface area contributed by atoms with Crippen molar-refractivity contribution in [3.63, 3.8) is 0 Å². The Balaban J connectivity index is 1.71. The minimum absolute atomic E-state index is 0.491. The maximum atomic E-state index is 8.83. The molecule has 0 aliphatic heterocycles. The van der Waals surface area contributed by atoms with Crippen LogP contribution in [0.25, 0.3) is 22.1 Å². The summed E-state index contributed by atoms with van der Waals surface area (Å²) < 4.78 is 2.32. The van der Waals surface area contributed by atoms with Gasteiger partial charge in [-0.1, -0.05) is 0 Å². The van der Waals surface area contributed by atoms with Gasteiger partial charge in [0.2, 0.25) is 0 Å². The number of nitrogens with one attached hydrogen (secondary N) is 1. The van der Waals surface area contributed by atoms with Crippen LogP contribution in [0, 0.1) is 17.2 Å². The molecule has 1 fully saturated rings. The zero-order chi connectivity index (χ0) is 14.2. The normalized spacial score (nSPS) is 22.6. The Bertz CT molecular complexity index is 814. The zero-order valence-electron chi connectivity index (χ0n) is 11.8. The van der Waals surface area contributed by atoms with Crippen LogP contribution in [0.4, 0.5) is 0 Å². The maximum Gasteiger partial charge on any atom is 0.139 e. The smallest absolute Gasteiger partial charge is 0.139 e. The monoisotopic (exact) mass is 279 g/mol. The molecule has 0 atom stereocenters. The van der Waals surface area contributed by atoms with Gasteiger partial charge in [-0.15, -0.1) is 0 Å². The van der Waals surface area contributed by atoms with Gasteiger partial charge in [0.25, 0.3) is 0 Å². The first-order valence-corrected chi connectivity index (χ1v) is 7.52. The number of nitrogens with zero attached hydrogens (tertiary/aromatic N) is 4. The van der Waals surface area contributed by atoms with Gasteiger partial charge in [-0.2, -0.15) is 5.26 Å². The fourth-order valence-corrected chi connectivity index (χ4v) is 3.56. The van der Waals surface area contributed by atoms with Crippen molar-refractivity contribution >= 4 is 22.1 Å². The molecule has 21 heavy (non-hydrogen) atoms. The first-order chi connectivity index (χ1) is 10.4. The number of aromatic amines is 1. The van der Waals surface area contributed by atoms with Gasteiger partial charge in [0, 0.05) is 24.0 Å². The van der Waals surface area contributed by atoms with E-state index >= 15 is 0 Å². The molecule has 5 heteroatoms. The number of pyridine rings is 1. The summed E-state index contributed by atoms with van der Waals surface area (Å²) in [7, 11) is 0. The third kappa shape index (κ3) is 1.99. The highest BCUT2D eigenvalue weighted by molar-refractivity contribution is 6.00. The van der Waals surface area contributed by atoms with Gasteiger partial charge in [-0.25, -0.2) is 9.97 Å². The van der Waals surface area contributed by atoms with Gasteiger partial charge in [0.15, 0.2) is 0 Å². The lowest BCUT2D eigenvalue weighted by molar-refractivity contribution is 0.281. The van der Waals surface area contributed by atoms with Crippen LogP contribution in [0.2, 0.25) is 0 Å². The SMILES string of the molecule is N#CCC1CCC(n2cnc3cnc4[nH]ccc4c32)CC1. The summed E-state index contributed by atoms with van der Waals surface area (Å²) in [6, 6.07) is 4.87. The molecule has 0 spiro atoms. The van der Waals surface area contributed by atoms with Crippen LogP contribution < -0.4 is 0 Å². The van der Waals surface area contributed by atoms with Crippen molar-refractivity contribution in [2.75, 3.05) is 0 Å². The first kappa shape index (κ1) is 12.4. The molecule has 0 aromatic carbocycles. The van der Waals surface area contributed by atoms with Gasteiger partial charge in [0.05, 0.1) is 24.1 Å². The van der Waals surface area contributed by atoms with E-state index in [9.17, 15) is 0 Å². The van der Waals surface area contributed by atoms with Crippen molar-refractivity contribution in [3.8, 4) is 6.07 Å². The Labute approximate surface area is 122 Å². The molecule has 0 amide bonds. The fraction of sp³-hybridized carbons (Fsp3) is 0.438. The number of H-pyrrole nitrogens is 1. The molecule has 3 aromatic rings. The van der Waals surface area contributed by atoms with E-state index in [2.05, 4.69) is 31.7 Å². The molecule has 4 rings (SSSR count). The highest BCUT2D eigenvalue weighted by Crippen LogP contribution is 2.36. The molecule has 0 radical (unpaired) electrons. The second kappa shape index (κ2) is 4.88. The van der Waals surface area contributed by atoms with Gasteiger partial charge < -0.3 is 9.55 Å². The third-order valence-corrected chi connectivity index (χ3v) is 4.71. The Morgan fingerprint density at radius 3 is 2.95 bits per heavy atom. The largest absolute Gasteiger partial charge is 0.346 e. The van der Waals surface area contributed by atoms with Gasteiger partial charge in [-0.05, 0) is 37.7 Å². The molecule has 0 saturated heterocycles. The van der Waals surface area contributed by atoms with Crippen molar-refractivity contribution in [3.05, 3.63) is 24.8 Å². The van der Waals surface area contributed by atoms with Crippen molar-refractivity contribution in [1.82, 2.24) is 19.5 Å². The van der Waals surface area contributed by atoms with E-state index in [1.807, 2.05) is 18.7 Å². The Morgan fingerprint density at radius 2 is 2.14 bits per heavy atom. The molecule has 1 aliphatic carbocycles. The molecule has 3 heterocycles. The molecule has 1 saturated carbocycles. The summed E-state index contributed by atoms with van der Waals surface area (Å²) in [6.07, 6.45) is 11.0. The maximum absolute atomic E-state index is 8.83. The Kier molecular flexibility index (Phi) is 2.88. The number of nitriles is 1. The number of hydrogen-bond donors (Lipinski definition) is 1. The van der Waals surface area contributed by atoms with E-state index in [0.29, 0.717) is 18.4 Å². The van der Waals surface area contributed by atoms with Crippen LogP contribution >= 0.6 is 0 Å². The number of imidazole rings is 1. The van der Waals surface area contributed by atoms with Gasteiger partial charge in [0.1, 0.15) is 11.2 Å². The molecular weight excluding hydrogens is 262 g/mol. The van der Waals surface area contributed by atoms with Gasteiger partial charge in [-0.3, -0.25) is 0 Å². The predicted octanol–water partition coefficient (Wildman–Crippen LogP) is 3.56. The van der Waals surface area contributed by atoms with E-state index in [1.165, 1.54) is 5.52 Å². The fourth-order valence-electron chi connectivity index (χ4n) is 3.56. The standard InChI is InChI=1S/C16H17N5/c17-7-5-11-1-3-12(4-2-11)21-10-20-14-9-19-16-13(15(14)21)6-8-18-16/h6,8-12H,1-5H2,(H,18,19). The number of rotatable bonds is 2. The van der Waals surface area contributed by atoms with E-state index in [0.717, 1.165) is 42.2 Å². The summed E-state index contributed by atoms with van der Waals surface area (Å²) in [6.45, 7) is 0. The summed E-state index contributed by atoms with van der Waals surface area (Å²) >= 11 is 0. The lowest BCUT2D eigenvalue weighted by Crippen LogP contribution is -2.17. The van der Waals surface area contributed by atoms with Crippen molar-refractivity contribution in [1.29, 1.82) is 5.26 Å². The Hall–Kier alpha value is -2.35. The topological polar surface area (TPSA) is 70.3 Å². The van der Waals surface area contributed by atoms with Crippen LogP contribution in [-0.2, 0) is 0 Å². The van der Waals surface area contributed by atoms with Crippen molar-refractivity contribution < 1.29 is 0 Å². The summed E-state index contributed by atoms with van der Waals surface area (Å²) in [5.41, 5.74) is 3.06. The number of hydrogen-bond acceptors (Lipinski definition) is 3. The lowest BCUT2D eigenvalue weighted by Gasteiger charge is -2.28. The van der Waals surface area contributed by atoms with E-state index in [1.54, 1.807) is 0 Å². The van der Waals surface area contributed by atoms with Gasteiger partial charge >= 0.3 is 0 Å². The number of aromatic nitrogens is 4. The van der Waals surface area contributed by atoms with E-state index < -0.39 is 0 Å². The van der Waals surface area contributed by atoms with Crippen molar-refractivity contribution in [2.45, 2.75) is 38.1 Å². The zero-order valence-corrected chi connectivity index (χ0v) is 11.8. The highest BCUT2D eigenvalue weighted by atomic mass is 15.1. The lowest BCUT2D eigenvalue weighted by atomic mass is 9.84. The summed E-state index contributed by atoms with van der Waals surface area (Å²) in [4.78, 5) is 12.1. The van der Waals surface area contributed by atoms with Crippen molar-refractivity contribution in [2.24, 2.45) is 5.92 Å². The Morgan fingerprint density at radius 1 is 1.29 bits per heavy atom. The molecule has 0 unspecified atom stereocenters. The average molecular weight is 279 g/mol. The second-order valence-electron chi connectivity index (χ2n) is 5.92. The third-order valence-electron chi connectivity index (χ3n) is 4.71. The highest BCUT2D eigenvalue weighted by Gasteiger charge is 2.24. The van der Waals surface area contributed by atoms with E-state index in [-0.39, 0.29) is 0 Å². The molecule has 5 nitrogen and oxygen atoms in total. The first-order valence-electron chi connectivity index (χ1n) is 7.52. The molecule has 106 valence electrons. The summed E-state index contributed by atoms with van der Waals surface area (Å²) in [5.74, 6) is 0.579. The summed E-state index contributed by atoms with van der Waals surface area (Å²) in [5, 5.41) is 9.97. The predicted molar refractivity (Wildman–Crippen MR) is 80.6 cm³/mol. The molecule has 1 aliphatic rings. The minimum atomic E-state index is 0.491. The van der Waals surface area contributed by atoms with Crippen LogP contribution in [-0.4, -0.2) is 19.5 Å². The van der Waals surface area contributed by atoms with Crippen LogP contribution in [0.5, 0.6) is 0 Å². The molecule has 1 N–H and O–H groups in total.